The van der Waals surface area contributed by atoms with Gasteiger partial charge in [-0.15, -0.1) is 0 Å². The molecule has 1 heterocycles. The molecule has 0 aliphatic carbocycles. The molecular formula is C12H11BrN2O3. The predicted molar refractivity (Wildman–Crippen MR) is 70.3 cm³/mol. The smallest absolute Gasteiger partial charge is 0.322 e. The van der Waals surface area contributed by atoms with Crippen molar-refractivity contribution in [2.24, 2.45) is 0 Å². The van der Waals surface area contributed by atoms with Crippen LogP contribution in [0.5, 0.6) is 0 Å². The van der Waals surface area contributed by atoms with Gasteiger partial charge in [0.05, 0.1) is 0 Å². The molecule has 0 atom stereocenters. The van der Waals surface area contributed by atoms with Crippen molar-refractivity contribution in [3.63, 3.8) is 0 Å². The van der Waals surface area contributed by atoms with E-state index in [-0.39, 0.29) is 19.0 Å². The second-order valence-electron chi connectivity index (χ2n) is 3.82. The summed E-state index contributed by atoms with van der Waals surface area (Å²) in [6.45, 7) is -0.255. The summed E-state index contributed by atoms with van der Waals surface area (Å²) < 4.78 is 2.71. The van der Waals surface area contributed by atoms with E-state index in [9.17, 15) is 9.59 Å². The van der Waals surface area contributed by atoms with E-state index in [1.54, 1.807) is 10.8 Å². The third-order valence-corrected chi connectivity index (χ3v) is 2.98. The van der Waals surface area contributed by atoms with Crippen LogP contribution in [0.4, 0.5) is 0 Å². The standard InChI is InChI=1S/C12H11BrN2O3/c13-9-2-1-8-3-4-15(10(8)5-9)7-11(16)14-6-12(17)18/h1-5H,6-7H2,(H,14,16)(H,17,18). The van der Waals surface area contributed by atoms with Gasteiger partial charge < -0.3 is 15.0 Å². The van der Waals surface area contributed by atoms with Gasteiger partial charge in [-0.05, 0) is 23.6 Å². The Labute approximate surface area is 112 Å². The summed E-state index contributed by atoms with van der Waals surface area (Å²) in [7, 11) is 0. The normalized spacial score (nSPS) is 10.5. The van der Waals surface area contributed by atoms with Gasteiger partial charge >= 0.3 is 5.97 Å². The van der Waals surface area contributed by atoms with E-state index in [1.807, 2.05) is 24.3 Å². The summed E-state index contributed by atoms with van der Waals surface area (Å²) in [5.41, 5.74) is 0.926. The Morgan fingerprint density at radius 2 is 2.11 bits per heavy atom. The van der Waals surface area contributed by atoms with Crippen molar-refractivity contribution in [2.45, 2.75) is 6.54 Å². The van der Waals surface area contributed by atoms with E-state index in [2.05, 4.69) is 21.2 Å². The Morgan fingerprint density at radius 3 is 2.83 bits per heavy atom. The lowest BCUT2D eigenvalue weighted by Gasteiger charge is -2.05. The number of nitrogens with one attached hydrogen (secondary N) is 1. The Balaban J connectivity index is 2.14. The molecule has 0 aliphatic rings. The maximum atomic E-state index is 11.5. The Hall–Kier alpha value is -1.82. The van der Waals surface area contributed by atoms with E-state index in [0.717, 1.165) is 15.4 Å². The fraction of sp³-hybridized carbons (Fsp3) is 0.167. The van der Waals surface area contributed by atoms with Crippen molar-refractivity contribution in [1.29, 1.82) is 0 Å². The first-order valence-electron chi connectivity index (χ1n) is 5.29. The van der Waals surface area contributed by atoms with Gasteiger partial charge in [-0.1, -0.05) is 22.0 Å². The number of rotatable bonds is 4. The molecule has 0 bridgehead atoms. The minimum absolute atomic E-state index is 0.104. The molecule has 1 aromatic heterocycles. The highest BCUT2D eigenvalue weighted by Gasteiger charge is 2.07. The molecule has 94 valence electrons. The molecule has 0 saturated heterocycles. The Morgan fingerprint density at radius 1 is 1.33 bits per heavy atom. The number of benzene rings is 1. The topological polar surface area (TPSA) is 71.3 Å². The number of fused-ring (bicyclic) bond motifs is 1. The summed E-state index contributed by atoms with van der Waals surface area (Å²) >= 11 is 3.38. The molecule has 1 amide bonds. The van der Waals surface area contributed by atoms with Crippen molar-refractivity contribution < 1.29 is 14.7 Å². The number of hydrogen-bond acceptors (Lipinski definition) is 2. The number of aliphatic carboxylic acids is 1. The van der Waals surface area contributed by atoms with Crippen LogP contribution in [0.15, 0.2) is 34.9 Å². The number of aromatic nitrogens is 1. The molecule has 2 N–H and O–H groups in total. The zero-order chi connectivity index (χ0) is 13.1. The highest BCUT2D eigenvalue weighted by Crippen LogP contribution is 2.20. The lowest BCUT2D eigenvalue weighted by atomic mass is 10.2. The van der Waals surface area contributed by atoms with Crippen molar-refractivity contribution in [3.05, 3.63) is 34.9 Å². The number of carbonyl (C=O) groups is 2. The molecule has 2 aromatic rings. The first-order chi connectivity index (χ1) is 8.56. The van der Waals surface area contributed by atoms with Gasteiger partial charge in [-0.2, -0.15) is 0 Å². The average molecular weight is 311 g/mol. The molecule has 0 fully saturated rings. The van der Waals surface area contributed by atoms with Crippen LogP contribution < -0.4 is 5.32 Å². The second-order valence-corrected chi connectivity index (χ2v) is 4.73. The van der Waals surface area contributed by atoms with E-state index >= 15 is 0 Å². The summed E-state index contributed by atoms with van der Waals surface area (Å²) in [6.07, 6.45) is 1.80. The van der Waals surface area contributed by atoms with Gasteiger partial charge in [0.1, 0.15) is 13.1 Å². The predicted octanol–water partition coefficient (Wildman–Crippen LogP) is 1.60. The van der Waals surface area contributed by atoms with Gasteiger partial charge in [0.15, 0.2) is 0 Å². The fourth-order valence-corrected chi connectivity index (χ4v) is 2.03. The molecule has 6 heteroatoms. The van der Waals surface area contributed by atoms with Crippen molar-refractivity contribution in [1.82, 2.24) is 9.88 Å². The van der Waals surface area contributed by atoms with Crippen LogP contribution in [-0.2, 0) is 16.1 Å². The van der Waals surface area contributed by atoms with E-state index < -0.39 is 5.97 Å². The Bertz CT molecular complexity index is 606. The van der Waals surface area contributed by atoms with Gasteiger partial charge in [-0.25, -0.2) is 0 Å². The maximum Gasteiger partial charge on any atom is 0.322 e. The number of carboxylic acid groups (broad SMARTS) is 1. The summed E-state index contributed by atoms with van der Waals surface area (Å²) in [5, 5.41) is 11.8. The molecule has 5 nitrogen and oxygen atoms in total. The number of nitrogens with zero attached hydrogens (tertiary/aromatic N) is 1. The summed E-state index contributed by atoms with van der Waals surface area (Å²) in [4.78, 5) is 21.9. The molecule has 1 aromatic carbocycles. The van der Waals surface area contributed by atoms with Crippen molar-refractivity contribution >= 4 is 38.7 Å². The van der Waals surface area contributed by atoms with Gasteiger partial charge in [0.25, 0.3) is 0 Å². The van der Waals surface area contributed by atoms with Gasteiger partial charge in [0, 0.05) is 16.2 Å². The number of hydrogen-bond donors (Lipinski definition) is 2. The van der Waals surface area contributed by atoms with Gasteiger partial charge in [0.2, 0.25) is 5.91 Å². The van der Waals surface area contributed by atoms with Crippen molar-refractivity contribution in [3.8, 4) is 0 Å². The average Bonchev–Trinajstić information content (AvgIpc) is 2.69. The zero-order valence-electron chi connectivity index (χ0n) is 9.39. The highest BCUT2D eigenvalue weighted by atomic mass is 79.9. The van der Waals surface area contributed by atoms with Crippen LogP contribution in [0.25, 0.3) is 10.9 Å². The molecule has 0 unspecified atom stereocenters. The number of halogens is 1. The lowest BCUT2D eigenvalue weighted by molar-refractivity contribution is -0.138. The third-order valence-electron chi connectivity index (χ3n) is 2.49. The monoisotopic (exact) mass is 310 g/mol. The molecule has 0 saturated carbocycles. The minimum Gasteiger partial charge on any atom is -0.480 e. The number of carbonyl (C=O) groups excluding carboxylic acids is 1. The summed E-state index contributed by atoms with van der Waals surface area (Å²) in [6, 6.07) is 7.70. The van der Waals surface area contributed by atoms with E-state index in [1.165, 1.54) is 0 Å². The Kier molecular flexibility index (Phi) is 3.66. The van der Waals surface area contributed by atoms with Crippen LogP contribution in [0.2, 0.25) is 0 Å². The quantitative estimate of drug-likeness (QED) is 0.901. The number of carboxylic acids is 1. The first kappa shape index (κ1) is 12.6. The SMILES string of the molecule is O=C(O)CNC(=O)Cn1ccc2ccc(Br)cc21. The van der Waals surface area contributed by atoms with E-state index in [4.69, 9.17) is 5.11 Å². The lowest BCUT2D eigenvalue weighted by Crippen LogP contribution is -2.31. The largest absolute Gasteiger partial charge is 0.480 e. The van der Waals surface area contributed by atoms with E-state index in [0.29, 0.717) is 0 Å². The van der Waals surface area contributed by atoms with Crippen LogP contribution in [-0.4, -0.2) is 28.1 Å². The maximum absolute atomic E-state index is 11.5. The van der Waals surface area contributed by atoms with Crippen LogP contribution in [0, 0.1) is 0 Å². The summed E-state index contributed by atoms with van der Waals surface area (Å²) in [5.74, 6) is -1.38. The first-order valence-corrected chi connectivity index (χ1v) is 6.08. The molecule has 0 aliphatic heterocycles. The number of amides is 1. The highest BCUT2D eigenvalue weighted by molar-refractivity contribution is 9.10. The van der Waals surface area contributed by atoms with Crippen LogP contribution >= 0.6 is 15.9 Å². The zero-order valence-corrected chi connectivity index (χ0v) is 11.0. The minimum atomic E-state index is -1.05. The fourth-order valence-electron chi connectivity index (χ4n) is 1.68. The van der Waals surface area contributed by atoms with Crippen LogP contribution in [0.3, 0.4) is 0 Å². The third kappa shape index (κ3) is 2.89. The molecule has 0 radical (unpaired) electrons. The van der Waals surface area contributed by atoms with Gasteiger partial charge in [-0.3, -0.25) is 9.59 Å². The van der Waals surface area contributed by atoms with Crippen LogP contribution in [0.1, 0.15) is 0 Å². The molecule has 18 heavy (non-hydrogen) atoms. The second kappa shape index (κ2) is 5.22. The molecule has 2 rings (SSSR count). The van der Waals surface area contributed by atoms with Crippen molar-refractivity contribution in [2.75, 3.05) is 6.54 Å². The molecule has 0 spiro atoms. The molecular weight excluding hydrogens is 300 g/mol.